The predicted octanol–water partition coefficient (Wildman–Crippen LogP) is 3.08. The quantitative estimate of drug-likeness (QED) is 0.713. The summed E-state index contributed by atoms with van der Waals surface area (Å²) in [6.45, 7) is 7.79. The minimum atomic E-state index is -1.04. The average Bonchev–Trinajstić information content (AvgIpc) is 2.51. The summed E-state index contributed by atoms with van der Waals surface area (Å²) < 4.78 is 5.54. The van der Waals surface area contributed by atoms with E-state index in [-0.39, 0.29) is 29.8 Å². The van der Waals surface area contributed by atoms with Gasteiger partial charge < -0.3 is 15.2 Å². The van der Waals surface area contributed by atoms with Crippen LogP contribution in [0.1, 0.15) is 39.7 Å². The molecule has 1 amide bonds. The van der Waals surface area contributed by atoms with E-state index in [1.807, 2.05) is 51.1 Å². The van der Waals surface area contributed by atoms with E-state index < -0.39 is 12.0 Å². The Morgan fingerprint density at radius 1 is 1.25 bits per heavy atom. The van der Waals surface area contributed by atoms with Crippen LogP contribution in [0.15, 0.2) is 30.3 Å². The third-order valence-corrected chi connectivity index (χ3v) is 4.48. The maximum absolute atomic E-state index is 12.2. The van der Waals surface area contributed by atoms with Crippen LogP contribution in [0.5, 0.6) is 0 Å². The van der Waals surface area contributed by atoms with E-state index in [9.17, 15) is 14.7 Å². The lowest BCUT2D eigenvalue weighted by Gasteiger charge is -2.22. The molecule has 6 heteroatoms. The first kappa shape index (κ1) is 20.5. The number of hydrogen-bond acceptors (Lipinski definition) is 4. The number of aliphatic carboxylic acids is 1. The Labute approximate surface area is 148 Å². The highest BCUT2D eigenvalue weighted by molar-refractivity contribution is 7.99. The normalized spacial score (nSPS) is 14.0. The molecule has 0 fully saturated rings. The standard InChI is InChI=1S/C18H27NO4S/c1-13(24-12-14-8-6-5-7-9-14)16(20)19-15(17(21)22)10-11-23-18(2,3)4/h5-9,13,15H,10-12H2,1-4H3,(H,19,20)(H,21,22). The summed E-state index contributed by atoms with van der Waals surface area (Å²) >= 11 is 1.48. The number of hydrogen-bond donors (Lipinski definition) is 2. The van der Waals surface area contributed by atoms with Crippen LogP contribution in [0.25, 0.3) is 0 Å². The average molecular weight is 353 g/mol. The molecule has 0 saturated carbocycles. The van der Waals surface area contributed by atoms with Crippen molar-refractivity contribution in [3.8, 4) is 0 Å². The molecule has 1 aromatic rings. The summed E-state index contributed by atoms with van der Waals surface area (Å²) in [6.07, 6.45) is 0.244. The molecule has 2 N–H and O–H groups in total. The molecule has 1 aromatic carbocycles. The smallest absolute Gasteiger partial charge is 0.326 e. The van der Waals surface area contributed by atoms with Gasteiger partial charge in [-0.1, -0.05) is 30.3 Å². The van der Waals surface area contributed by atoms with Crippen molar-refractivity contribution >= 4 is 23.6 Å². The van der Waals surface area contributed by atoms with Crippen LogP contribution < -0.4 is 5.32 Å². The fraction of sp³-hybridized carbons (Fsp3) is 0.556. The van der Waals surface area contributed by atoms with Gasteiger partial charge in [-0.2, -0.15) is 0 Å². The molecule has 0 aromatic heterocycles. The van der Waals surface area contributed by atoms with Crippen LogP contribution in [0.4, 0.5) is 0 Å². The minimum Gasteiger partial charge on any atom is -0.480 e. The summed E-state index contributed by atoms with van der Waals surface area (Å²) in [5.41, 5.74) is 0.807. The molecular formula is C18H27NO4S. The van der Waals surface area contributed by atoms with Gasteiger partial charge in [-0.3, -0.25) is 4.79 Å². The van der Waals surface area contributed by atoms with Crippen LogP contribution >= 0.6 is 11.8 Å². The van der Waals surface area contributed by atoms with Gasteiger partial charge in [-0.15, -0.1) is 11.8 Å². The van der Waals surface area contributed by atoms with Crippen LogP contribution in [-0.2, 0) is 20.1 Å². The summed E-state index contributed by atoms with van der Waals surface area (Å²) in [7, 11) is 0. The Hall–Kier alpha value is -1.53. The molecule has 0 saturated heterocycles. The van der Waals surface area contributed by atoms with Crippen LogP contribution in [0.3, 0.4) is 0 Å². The van der Waals surface area contributed by atoms with E-state index in [1.165, 1.54) is 11.8 Å². The molecule has 0 aliphatic carbocycles. The molecule has 2 atom stereocenters. The fourth-order valence-corrected chi connectivity index (χ4v) is 2.75. The van der Waals surface area contributed by atoms with Crippen molar-refractivity contribution in [2.45, 2.75) is 56.8 Å². The number of carboxylic acid groups (broad SMARTS) is 1. The second-order valence-electron chi connectivity index (χ2n) is 6.59. The number of ether oxygens (including phenoxy) is 1. The van der Waals surface area contributed by atoms with E-state index in [2.05, 4.69) is 5.32 Å². The molecule has 0 heterocycles. The first-order valence-corrected chi connectivity index (χ1v) is 9.06. The summed E-state index contributed by atoms with van der Waals surface area (Å²) in [5, 5.41) is 11.5. The molecule has 0 aliphatic heterocycles. The molecule has 2 unspecified atom stereocenters. The molecule has 0 radical (unpaired) electrons. The van der Waals surface area contributed by atoms with Gasteiger partial charge >= 0.3 is 5.97 Å². The van der Waals surface area contributed by atoms with Gasteiger partial charge in [0, 0.05) is 18.8 Å². The van der Waals surface area contributed by atoms with Crippen LogP contribution in [-0.4, -0.2) is 40.5 Å². The fourth-order valence-electron chi connectivity index (χ4n) is 1.90. The SMILES string of the molecule is CC(SCc1ccccc1)C(=O)NC(CCOC(C)(C)C)C(=O)O. The topological polar surface area (TPSA) is 75.6 Å². The number of carboxylic acids is 1. The van der Waals surface area contributed by atoms with Crippen molar-refractivity contribution in [2.24, 2.45) is 0 Å². The van der Waals surface area contributed by atoms with Crippen molar-refractivity contribution in [1.29, 1.82) is 0 Å². The predicted molar refractivity (Wildman–Crippen MR) is 97.1 cm³/mol. The number of nitrogens with one attached hydrogen (secondary N) is 1. The molecule has 5 nitrogen and oxygen atoms in total. The third kappa shape index (κ3) is 8.36. The Kier molecular flexibility index (Phi) is 8.28. The summed E-state index contributed by atoms with van der Waals surface area (Å²) in [4.78, 5) is 23.5. The molecule has 134 valence electrons. The van der Waals surface area contributed by atoms with Crippen molar-refractivity contribution in [1.82, 2.24) is 5.32 Å². The number of amides is 1. The lowest BCUT2D eigenvalue weighted by atomic mass is 10.1. The lowest BCUT2D eigenvalue weighted by molar-refractivity contribution is -0.142. The van der Waals surface area contributed by atoms with E-state index in [0.29, 0.717) is 5.75 Å². The molecule has 24 heavy (non-hydrogen) atoms. The Bertz CT molecular complexity index is 528. The second-order valence-corrected chi connectivity index (χ2v) is 7.92. The highest BCUT2D eigenvalue weighted by atomic mass is 32.2. The first-order valence-electron chi connectivity index (χ1n) is 8.01. The second kappa shape index (κ2) is 9.69. The third-order valence-electron chi connectivity index (χ3n) is 3.27. The number of rotatable bonds is 9. The van der Waals surface area contributed by atoms with E-state index >= 15 is 0 Å². The highest BCUT2D eigenvalue weighted by Crippen LogP contribution is 2.18. The van der Waals surface area contributed by atoms with Gasteiger partial charge in [0.25, 0.3) is 0 Å². The van der Waals surface area contributed by atoms with Crippen molar-refractivity contribution in [3.05, 3.63) is 35.9 Å². The number of carbonyl (C=O) groups excluding carboxylic acids is 1. The van der Waals surface area contributed by atoms with Gasteiger partial charge in [-0.25, -0.2) is 4.79 Å². The lowest BCUT2D eigenvalue weighted by Crippen LogP contribution is -2.45. The minimum absolute atomic E-state index is 0.244. The van der Waals surface area contributed by atoms with E-state index in [4.69, 9.17) is 4.74 Å². The van der Waals surface area contributed by atoms with Gasteiger partial charge in [0.1, 0.15) is 6.04 Å². The Balaban J connectivity index is 2.44. The zero-order chi connectivity index (χ0) is 18.2. The van der Waals surface area contributed by atoms with Gasteiger partial charge in [-0.05, 0) is 33.3 Å². The number of thioether (sulfide) groups is 1. The van der Waals surface area contributed by atoms with Gasteiger partial charge in [0.15, 0.2) is 0 Å². The van der Waals surface area contributed by atoms with E-state index in [0.717, 1.165) is 5.56 Å². The zero-order valence-electron chi connectivity index (χ0n) is 14.7. The summed E-state index contributed by atoms with van der Waals surface area (Å²) in [6, 6.07) is 8.93. The Morgan fingerprint density at radius 3 is 2.42 bits per heavy atom. The van der Waals surface area contributed by atoms with Crippen molar-refractivity contribution < 1.29 is 19.4 Å². The monoisotopic (exact) mass is 353 g/mol. The first-order chi connectivity index (χ1) is 11.2. The molecule has 1 rings (SSSR count). The van der Waals surface area contributed by atoms with Crippen LogP contribution in [0, 0.1) is 0 Å². The molecular weight excluding hydrogens is 326 g/mol. The maximum atomic E-state index is 12.2. The Morgan fingerprint density at radius 2 is 1.88 bits per heavy atom. The largest absolute Gasteiger partial charge is 0.480 e. The maximum Gasteiger partial charge on any atom is 0.326 e. The molecule has 0 bridgehead atoms. The van der Waals surface area contributed by atoms with E-state index in [1.54, 1.807) is 6.92 Å². The number of benzene rings is 1. The van der Waals surface area contributed by atoms with Crippen molar-refractivity contribution in [2.75, 3.05) is 6.61 Å². The summed E-state index contributed by atoms with van der Waals surface area (Å²) in [5.74, 6) is -0.597. The van der Waals surface area contributed by atoms with Crippen molar-refractivity contribution in [3.63, 3.8) is 0 Å². The van der Waals surface area contributed by atoms with Gasteiger partial charge in [0.05, 0.1) is 10.9 Å². The number of carbonyl (C=O) groups is 2. The zero-order valence-corrected chi connectivity index (χ0v) is 15.6. The van der Waals surface area contributed by atoms with Crippen LogP contribution in [0.2, 0.25) is 0 Å². The highest BCUT2D eigenvalue weighted by Gasteiger charge is 2.24. The molecule has 0 aliphatic rings. The molecule has 0 spiro atoms. The van der Waals surface area contributed by atoms with Gasteiger partial charge in [0.2, 0.25) is 5.91 Å².